The van der Waals surface area contributed by atoms with E-state index < -0.39 is 32.2 Å². The first kappa shape index (κ1) is 34.0. The lowest BCUT2D eigenvalue weighted by Crippen LogP contribution is -2.67. The minimum absolute atomic E-state index is 0.0973. The monoisotopic (exact) mass is 693 g/mol. The fraction of sp³-hybridized carbons (Fsp3) is 0.429. The molecule has 3 atom stereocenters. The number of hydrogen-bond acceptors (Lipinski definition) is 8. The summed E-state index contributed by atoms with van der Waals surface area (Å²) in [5.41, 5.74) is 8.70. The van der Waals surface area contributed by atoms with Crippen molar-refractivity contribution in [1.29, 1.82) is 0 Å². The highest BCUT2D eigenvalue weighted by Crippen LogP contribution is 2.47. The predicted molar refractivity (Wildman–Crippen MR) is 190 cm³/mol. The molecule has 47 heavy (non-hydrogen) atoms. The molecular formula is C35H43N5O4S3. The van der Waals surface area contributed by atoms with E-state index in [1.165, 1.54) is 53.5 Å². The van der Waals surface area contributed by atoms with Crippen LogP contribution in [0, 0.1) is 0 Å². The van der Waals surface area contributed by atoms with Crippen LogP contribution in [0.25, 0.3) is 11.1 Å². The Morgan fingerprint density at radius 2 is 1.47 bits per heavy atom. The zero-order chi connectivity index (χ0) is 32.9. The van der Waals surface area contributed by atoms with E-state index in [1.807, 2.05) is 60.7 Å². The summed E-state index contributed by atoms with van der Waals surface area (Å²) in [6.07, 6.45) is 5.50. The first-order valence-corrected chi connectivity index (χ1v) is 19.9. The van der Waals surface area contributed by atoms with Crippen molar-refractivity contribution in [1.82, 2.24) is 19.4 Å². The SMILES string of the molecule is NC(=O)C1SCCN1C1(C(=O)NC(CCN2CCCCCC2)c2ccccc2)SCCN1S(=O)(=O)c1ccc(-c2ccccc2)cc1. The van der Waals surface area contributed by atoms with Crippen molar-refractivity contribution in [2.24, 2.45) is 5.73 Å². The Kier molecular flexibility index (Phi) is 10.9. The van der Waals surface area contributed by atoms with Crippen LogP contribution in [0.1, 0.15) is 43.7 Å². The average Bonchev–Trinajstić information content (AvgIpc) is 3.71. The van der Waals surface area contributed by atoms with E-state index in [0.29, 0.717) is 24.5 Å². The van der Waals surface area contributed by atoms with E-state index in [4.69, 9.17) is 5.73 Å². The lowest BCUT2D eigenvalue weighted by atomic mass is 10.0. The molecule has 3 fully saturated rings. The number of nitrogens with zero attached hydrogens (tertiary/aromatic N) is 3. The molecule has 3 unspecified atom stereocenters. The number of nitrogens with two attached hydrogens (primary N) is 1. The highest BCUT2D eigenvalue weighted by Gasteiger charge is 2.61. The van der Waals surface area contributed by atoms with Crippen molar-refractivity contribution < 1.29 is 18.0 Å². The molecule has 0 radical (unpaired) electrons. The van der Waals surface area contributed by atoms with Crippen LogP contribution in [-0.2, 0) is 19.6 Å². The van der Waals surface area contributed by atoms with Crippen molar-refractivity contribution in [3.63, 3.8) is 0 Å². The van der Waals surface area contributed by atoms with Crippen molar-refractivity contribution in [2.75, 3.05) is 44.2 Å². The van der Waals surface area contributed by atoms with Gasteiger partial charge in [0.1, 0.15) is 5.37 Å². The van der Waals surface area contributed by atoms with E-state index >= 15 is 0 Å². The van der Waals surface area contributed by atoms with Crippen LogP contribution >= 0.6 is 23.5 Å². The van der Waals surface area contributed by atoms with Gasteiger partial charge in [-0.3, -0.25) is 9.59 Å². The summed E-state index contributed by atoms with van der Waals surface area (Å²) in [5, 5.41) is 2.46. The second-order valence-corrected chi connectivity index (χ2v) is 16.5. The summed E-state index contributed by atoms with van der Waals surface area (Å²) in [6, 6.07) is 26.1. The van der Waals surface area contributed by atoms with Gasteiger partial charge in [-0.2, -0.15) is 4.31 Å². The van der Waals surface area contributed by atoms with Crippen LogP contribution in [-0.4, -0.2) is 88.9 Å². The maximum Gasteiger partial charge on any atom is 0.268 e. The van der Waals surface area contributed by atoms with Gasteiger partial charge in [-0.15, -0.1) is 23.5 Å². The van der Waals surface area contributed by atoms with Crippen molar-refractivity contribution >= 4 is 45.4 Å². The third-order valence-corrected chi connectivity index (χ3v) is 13.9. The molecule has 12 heteroatoms. The Hall–Kier alpha value is -2.87. The molecule has 3 aromatic rings. The Labute approximate surface area is 286 Å². The molecule has 3 N–H and O–H groups in total. The normalized spacial score (nSPS) is 23.7. The lowest BCUT2D eigenvalue weighted by molar-refractivity contribution is -0.136. The number of sulfonamides is 1. The molecule has 3 aliphatic rings. The summed E-state index contributed by atoms with van der Waals surface area (Å²) >= 11 is 2.61. The molecule has 3 heterocycles. The number of carbonyl (C=O) groups excluding carboxylic acids is 2. The predicted octanol–water partition coefficient (Wildman–Crippen LogP) is 4.73. The zero-order valence-electron chi connectivity index (χ0n) is 26.5. The van der Waals surface area contributed by atoms with Crippen LogP contribution in [0.5, 0.6) is 0 Å². The molecule has 3 aliphatic heterocycles. The van der Waals surface area contributed by atoms with Crippen molar-refractivity contribution in [3.8, 4) is 11.1 Å². The molecule has 0 saturated carbocycles. The van der Waals surface area contributed by atoms with E-state index in [-0.39, 0.29) is 17.5 Å². The van der Waals surface area contributed by atoms with E-state index in [9.17, 15) is 18.0 Å². The molecule has 250 valence electrons. The number of hydrogen-bond donors (Lipinski definition) is 2. The fourth-order valence-electron chi connectivity index (χ4n) is 6.84. The molecule has 2 amide bonds. The van der Waals surface area contributed by atoms with Gasteiger partial charge < -0.3 is 16.0 Å². The van der Waals surface area contributed by atoms with Gasteiger partial charge in [0.2, 0.25) is 20.9 Å². The van der Waals surface area contributed by atoms with E-state index in [2.05, 4.69) is 10.2 Å². The van der Waals surface area contributed by atoms with Gasteiger partial charge in [0.05, 0.1) is 10.9 Å². The van der Waals surface area contributed by atoms with E-state index in [0.717, 1.165) is 36.3 Å². The van der Waals surface area contributed by atoms with Crippen LogP contribution < -0.4 is 11.1 Å². The highest BCUT2D eigenvalue weighted by molar-refractivity contribution is 8.03. The van der Waals surface area contributed by atoms with Gasteiger partial charge in [-0.25, -0.2) is 13.3 Å². The number of thioether (sulfide) groups is 2. The first-order valence-electron chi connectivity index (χ1n) is 16.4. The summed E-state index contributed by atoms with van der Waals surface area (Å²) in [6.45, 7) is 3.36. The summed E-state index contributed by atoms with van der Waals surface area (Å²) < 4.78 is 30.4. The number of carbonyl (C=O) groups is 2. The smallest absolute Gasteiger partial charge is 0.268 e. The van der Waals surface area contributed by atoms with Gasteiger partial charge in [0.25, 0.3) is 5.91 Å². The van der Waals surface area contributed by atoms with Crippen LogP contribution in [0.3, 0.4) is 0 Å². The summed E-state index contributed by atoms with van der Waals surface area (Å²) in [7, 11) is -4.17. The zero-order valence-corrected chi connectivity index (χ0v) is 28.9. The van der Waals surface area contributed by atoms with Gasteiger partial charge in [-0.05, 0) is 61.2 Å². The van der Waals surface area contributed by atoms with Gasteiger partial charge in [-0.1, -0.05) is 85.6 Å². The van der Waals surface area contributed by atoms with Gasteiger partial charge >= 0.3 is 0 Å². The number of rotatable bonds is 11. The third kappa shape index (κ3) is 7.28. The molecule has 6 rings (SSSR count). The molecule has 9 nitrogen and oxygen atoms in total. The quantitative estimate of drug-likeness (QED) is 0.297. The number of amides is 2. The maximum atomic E-state index is 14.9. The highest BCUT2D eigenvalue weighted by atomic mass is 32.2. The fourth-order valence-corrected chi connectivity index (χ4v) is 11.5. The molecule has 0 aliphatic carbocycles. The van der Waals surface area contributed by atoms with Crippen LogP contribution in [0.4, 0.5) is 0 Å². The Bertz CT molecular complexity index is 1620. The van der Waals surface area contributed by atoms with Crippen LogP contribution in [0.15, 0.2) is 89.8 Å². The number of nitrogens with one attached hydrogen (secondary N) is 1. The molecule has 0 bridgehead atoms. The van der Waals surface area contributed by atoms with E-state index in [1.54, 1.807) is 29.2 Å². The summed E-state index contributed by atoms with van der Waals surface area (Å²) in [5.74, 6) is -0.0778. The first-order chi connectivity index (χ1) is 22.8. The standard InChI is InChI=1S/C35H43N5O4S3/c36-32(41)33-39(23-25-45-33)35(34(42)37-31(29-13-7-4-8-14-29)19-22-38-20-9-1-2-10-21-38)40(24-26-46-35)47(43,44)30-17-15-28(16-18-30)27-11-5-3-6-12-27/h3-8,11-18,31,33H,1-2,9-10,19-26H2,(H2,36,41)(H,37,42). The minimum atomic E-state index is -4.17. The second-order valence-electron chi connectivity index (χ2n) is 12.2. The van der Waals surface area contributed by atoms with Crippen LogP contribution in [0.2, 0.25) is 0 Å². The molecule has 3 saturated heterocycles. The Balaban J connectivity index is 1.34. The molecule has 3 aromatic carbocycles. The average molecular weight is 694 g/mol. The second kappa shape index (κ2) is 15.1. The van der Waals surface area contributed by atoms with Gasteiger partial charge in [0, 0.05) is 31.1 Å². The maximum absolute atomic E-state index is 14.9. The van der Waals surface area contributed by atoms with Crippen molar-refractivity contribution in [3.05, 3.63) is 90.5 Å². The minimum Gasteiger partial charge on any atom is -0.368 e. The number of benzene rings is 3. The van der Waals surface area contributed by atoms with Gasteiger partial charge in [0.15, 0.2) is 0 Å². The third-order valence-electron chi connectivity index (χ3n) is 9.24. The number of likely N-dealkylation sites (tertiary alicyclic amines) is 1. The topological polar surface area (TPSA) is 116 Å². The molecular weight excluding hydrogens is 651 g/mol. The Morgan fingerprint density at radius 3 is 2.13 bits per heavy atom. The summed E-state index contributed by atoms with van der Waals surface area (Å²) in [4.78, 5) is 30.2. The largest absolute Gasteiger partial charge is 0.368 e. The molecule has 0 spiro atoms. The lowest BCUT2D eigenvalue weighted by Gasteiger charge is -2.44. The molecule has 0 aromatic heterocycles. The Morgan fingerprint density at radius 1 is 0.830 bits per heavy atom. The van der Waals surface area contributed by atoms with Crippen molar-refractivity contribution in [2.45, 2.75) is 53.4 Å². The number of primary amides is 1.